The van der Waals surface area contributed by atoms with Gasteiger partial charge in [0.25, 0.3) is 0 Å². The first-order valence-corrected chi connectivity index (χ1v) is 10.1. The summed E-state index contributed by atoms with van der Waals surface area (Å²) < 4.78 is 8.31. The molecule has 32 heavy (non-hydrogen) atoms. The van der Waals surface area contributed by atoms with E-state index in [1.807, 2.05) is 72.8 Å². The van der Waals surface area contributed by atoms with Crippen LogP contribution in [0.4, 0.5) is 0 Å². The second-order valence-electron chi connectivity index (χ2n) is 7.26. The molecule has 0 aliphatic heterocycles. The summed E-state index contributed by atoms with van der Waals surface area (Å²) >= 11 is 0. The third kappa shape index (κ3) is 3.28. The van der Waals surface area contributed by atoms with Gasteiger partial charge in [-0.25, -0.2) is 4.79 Å². The highest BCUT2D eigenvalue weighted by Crippen LogP contribution is 2.26. The van der Waals surface area contributed by atoms with Crippen molar-refractivity contribution in [3.63, 3.8) is 0 Å². The molecule has 1 N–H and O–H groups in total. The number of aromatic nitrogens is 3. The molecule has 3 aromatic carbocycles. The minimum absolute atomic E-state index is 0.163. The first-order valence-electron chi connectivity index (χ1n) is 10.1. The third-order valence-corrected chi connectivity index (χ3v) is 5.33. The molecule has 0 saturated carbocycles. The average Bonchev–Trinajstić information content (AvgIpc) is 2.85. The van der Waals surface area contributed by atoms with Crippen LogP contribution in [-0.4, -0.2) is 21.8 Å². The summed E-state index contributed by atoms with van der Waals surface area (Å²) in [5.41, 5.74) is 2.99. The molecule has 0 aliphatic carbocycles. The Labute approximate surface area is 184 Å². The van der Waals surface area contributed by atoms with E-state index in [-0.39, 0.29) is 11.4 Å². The van der Waals surface area contributed by atoms with Gasteiger partial charge in [0, 0.05) is 17.7 Å². The molecule has 0 aliphatic rings. The Balaban J connectivity index is 1.88. The zero-order valence-corrected chi connectivity index (χ0v) is 17.3. The Hall–Kier alpha value is -4.45. The van der Waals surface area contributed by atoms with Crippen molar-refractivity contribution in [1.29, 1.82) is 0 Å². The molecule has 2 heterocycles. The maximum Gasteiger partial charge on any atom is 0.375 e. The van der Waals surface area contributed by atoms with Crippen LogP contribution in [0.5, 0.6) is 11.6 Å². The Morgan fingerprint density at radius 1 is 0.844 bits per heavy atom. The van der Waals surface area contributed by atoms with Gasteiger partial charge >= 0.3 is 17.1 Å². The van der Waals surface area contributed by atoms with E-state index in [0.717, 1.165) is 5.56 Å². The summed E-state index contributed by atoms with van der Waals surface area (Å²) in [6, 6.07) is 29.7. The third-order valence-electron chi connectivity index (χ3n) is 5.33. The number of fused-ring (bicyclic) bond motifs is 1. The lowest BCUT2D eigenvalue weighted by Crippen LogP contribution is -2.39. The summed E-state index contributed by atoms with van der Waals surface area (Å²) in [5, 5.41) is 15.9. The second kappa shape index (κ2) is 8.00. The van der Waals surface area contributed by atoms with E-state index in [0.29, 0.717) is 28.3 Å². The number of methoxy groups -OCH3 is 1. The SMILES string of the molecule is COc1cccc(-[n+]2c(O)c(-c3ccccc3)c(=O)n3nc(-c4ccccc4)ccc32)c1. The van der Waals surface area contributed by atoms with Crippen LogP contribution in [0.2, 0.25) is 0 Å². The molecular formula is C26H20N3O3+. The summed E-state index contributed by atoms with van der Waals surface area (Å²) in [5.74, 6) is 0.470. The fourth-order valence-corrected chi connectivity index (χ4v) is 3.78. The molecule has 5 aromatic rings. The van der Waals surface area contributed by atoms with Crippen molar-refractivity contribution < 1.29 is 14.4 Å². The van der Waals surface area contributed by atoms with E-state index >= 15 is 0 Å². The zero-order valence-electron chi connectivity index (χ0n) is 17.3. The minimum atomic E-state index is -0.402. The smallest absolute Gasteiger partial charge is 0.375 e. The van der Waals surface area contributed by atoms with Crippen molar-refractivity contribution in [2.75, 3.05) is 7.11 Å². The number of benzene rings is 3. The number of hydrogen-bond acceptors (Lipinski definition) is 4. The van der Waals surface area contributed by atoms with Crippen molar-refractivity contribution in [2.24, 2.45) is 0 Å². The van der Waals surface area contributed by atoms with Crippen LogP contribution in [-0.2, 0) is 0 Å². The lowest BCUT2D eigenvalue weighted by Gasteiger charge is -2.10. The molecule has 0 spiro atoms. The largest absolute Gasteiger partial charge is 0.497 e. The van der Waals surface area contributed by atoms with Gasteiger partial charge < -0.3 is 9.84 Å². The number of rotatable bonds is 4. The highest BCUT2D eigenvalue weighted by Gasteiger charge is 2.28. The molecule has 0 amide bonds. The number of nitrogens with zero attached hydrogens (tertiary/aromatic N) is 3. The highest BCUT2D eigenvalue weighted by atomic mass is 16.5. The van der Waals surface area contributed by atoms with E-state index in [9.17, 15) is 9.90 Å². The van der Waals surface area contributed by atoms with Gasteiger partial charge in [0.2, 0.25) is 0 Å². The predicted octanol–water partition coefficient (Wildman–Crippen LogP) is 4.02. The molecule has 0 unspecified atom stereocenters. The van der Waals surface area contributed by atoms with Crippen LogP contribution < -0.4 is 14.9 Å². The summed E-state index contributed by atoms with van der Waals surface area (Å²) in [4.78, 5) is 13.5. The van der Waals surface area contributed by atoms with Gasteiger partial charge in [-0.1, -0.05) is 76.3 Å². The fourth-order valence-electron chi connectivity index (χ4n) is 3.78. The first kappa shape index (κ1) is 19.5. The molecule has 156 valence electrons. The van der Waals surface area contributed by atoms with Gasteiger partial charge in [-0.2, -0.15) is 4.57 Å². The fraction of sp³-hybridized carbons (Fsp3) is 0.0385. The number of aromatic hydroxyl groups is 1. The van der Waals surface area contributed by atoms with Crippen molar-refractivity contribution >= 4 is 5.65 Å². The monoisotopic (exact) mass is 422 g/mol. The van der Waals surface area contributed by atoms with Crippen LogP contribution in [0.15, 0.2) is 102 Å². The van der Waals surface area contributed by atoms with E-state index < -0.39 is 5.56 Å². The van der Waals surface area contributed by atoms with Crippen molar-refractivity contribution in [1.82, 2.24) is 9.61 Å². The first-order chi connectivity index (χ1) is 15.7. The highest BCUT2D eigenvalue weighted by molar-refractivity contribution is 5.68. The van der Waals surface area contributed by atoms with Crippen LogP contribution in [0.1, 0.15) is 0 Å². The molecular weight excluding hydrogens is 402 g/mol. The van der Waals surface area contributed by atoms with E-state index in [4.69, 9.17) is 4.74 Å². The lowest BCUT2D eigenvalue weighted by atomic mass is 10.1. The Morgan fingerprint density at radius 2 is 1.53 bits per heavy atom. The summed E-state index contributed by atoms with van der Waals surface area (Å²) in [6.07, 6.45) is 0. The van der Waals surface area contributed by atoms with Gasteiger partial charge in [-0.05, 0) is 23.8 Å². The van der Waals surface area contributed by atoms with Crippen LogP contribution >= 0.6 is 0 Å². The number of ether oxygens (including phenoxy) is 1. The lowest BCUT2D eigenvalue weighted by molar-refractivity contribution is -0.580. The molecule has 0 bridgehead atoms. The molecule has 6 nitrogen and oxygen atoms in total. The zero-order chi connectivity index (χ0) is 22.1. The van der Waals surface area contributed by atoms with Gasteiger partial charge in [-0.3, -0.25) is 0 Å². The normalized spacial score (nSPS) is 10.9. The van der Waals surface area contributed by atoms with Crippen molar-refractivity contribution in [3.8, 4) is 39.7 Å². The molecule has 2 aromatic heterocycles. The maximum atomic E-state index is 13.5. The van der Waals surface area contributed by atoms with Crippen LogP contribution in [0.25, 0.3) is 33.7 Å². The van der Waals surface area contributed by atoms with Gasteiger partial charge in [0.15, 0.2) is 5.56 Å². The van der Waals surface area contributed by atoms with E-state index in [2.05, 4.69) is 5.10 Å². The van der Waals surface area contributed by atoms with Crippen LogP contribution in [0.3, 0.4) is 0 Å². The second-order valence-corrected chi connectivity index (χ2v) is 7.26. The quantitative estimate of drug-likeness (QED) is 0.444. The predicted molar refractivity (Wildman–Crippen MR) is 122 cm³/mol. The Kier molecular flexibility index (Phi) is 4.88. The van der Waals surface area contributed by atoms with E-state index in [1.54, 1.807) is 35.9 Å². The van der Waals surface area contributed by atoms with E-state index in [1.165, 1.54) is 4.52 Å². The number of hydrogen-bond donors (Lipinski definition) is 1. The molecule has 0 radical (unpaired) electrons. The molecule has 0 atom stereocenters. The average molecular weight is 422 g/mol. The van der Waals surface area contributed by atoms with Crippen LogP contribution in [0, 0.1) is 0 Å². The molecule has 0 saturated heterocycles. The Bertz CT molecular complexity index is 1480. The maximum absolute atomic E-state index is 13.5. The minimum Gasteiger partial charge on any atom is -0.497 e. The topological polar surface area (TPSA) is 67.7 Å². The van der Waals surface area contributed by atoms with Crippen molar-refractivity contribution in [2.45, 2.75) is 0 Å². The molecule has 6 heteroatoms. The summed E-state index contributed by atoms with van der Waals surface area (Å²) in [7, 11) is 1.58. The van der Waals surface area contributed by atoms with Gasteiger partial charge in [0.1, 0.15) is 17.1 Å². The standard InChI is InChI=1S/C26H19N3O3/c1-32-21-14-8-13-20(17-21)28-23-16-15-22(18-9-4-2-5-10-18)27-29(23)26(31)24(25(28)30)19-11-6-3-7-12-19/h2-17H,1H3/p+1. The van der Waals surface area contributed by atoms with Crippen molar-refractivity contribution in [3.05, 3.63) is 107 Å². The molecule has 5 rings (SSSR count). The van der Waals surface area contributed by atoms with Gasteiger partial charge in [-0.15, -0.1) is 0 Å². The van der Waals surface area contributed by atoms with Gasteiger partial charge in [0.05, 0.1) is 7.11 Å². The molecule has 0 fully saturated rings. The Morgan fingerprint density at radius 3 is 2.22 bits per heavy atom. The summed E-state index contributed by atoms with van der Waals surface area (Å²) in [6.45, 7) is 0.